The average molecular weight is 451 g/mol. The molecule has 164 valence electrons. The molecule has 0 bridgehead atoms. The van der Waals surface area contributed by atoms with Crippen LogP contribution in [0.15, 0.2) is 78.9 Å². The van der Waals surface area contributed by atoms with E-state index in [2.05, 4.69) is 10.6 Å². The fourth-order valence-electron chi connectivity index (χ4n) is 2.94. The van der Waals surface area contributed by atoms with Gasteiger partial charge in [0, 0.05) is 11.3 Å². The molecule has 0 aliphatic rings. The summed E-state index contributed by atoms with van der Waals surface area (Å²) in [6, 6.07) is 21.5. The van der Waals surface area contributed by atoms with Crippen molar-refractivity contribution in [2.45, 2.75) is 26.0 Å². The third-order valence-corrected chi connectivity index (χ3v) is 5.04. The highest BCUT2D eigenvalue weighted by Crippen LogP contribution is 2.21. The predicted molar refractivity (Wildman–Crippen MR) is 123 cm³/mol. The Balaban J connectivity index is 1.73. The fourth-order valence-corrected chi connectivity index (χ4v) is 3.16. The van der Waals surface area contributed by atoms with Gasteiger partial charge in [-0.2, -0.15) is 0 Å². The Kier molecular flexibility index (Phi) is 7.63. The van der Waals surface area contributed by atoms with E-state index >= 15 is 0 Å². The van der Waals surface area contributed by atoms with Crippen molar-refractivity contribution in [3.8, 4) is 0 Å². The Bertz CT molecular complexity index is 1100. The summed E-state index contributed by atoms with van der Waals surface area (Å²) in [5.74, 6) is -1.77. The van der Waals surface area contributed by atoms with Crippen LogP contribution in [0.2, 0.25) is 5.02 Å². The Hall–Kier alpha value is -3.64. The minimum absolute atomic E-state index is 0.241. The van der Waals surface area contributed by atoms with Gasteiger partial charge in [0.05, 0.1) is 10.6 Å². The van der Waals surface area contributed by atoms with Gasteiger partial charge in [0.1, 0.15) is 6.04 Å². The van der Waals surface area contributed by atoms with Crippen molar-refractivity contribution in [2.24, 2.45) is 0 Å². The van der Waals surface area contributed by atoms with Crippen LogP contribution in [0.5, 0.6) is 0 Å². The van der Waals surface area contributed by atoms with Crippen LogP contribution in [0, 0.1) is 6.92 Å². The Morgan fingerprint density at radius 3 is 2.16 bits per heavy atom. The van der Waals surface area contributed by atoms with Crippen LogP contribution in [0.1, 0.15) is 34.5 Å². The van der Waals surface area contributed by atoms with Crippen LogP contribution < -0.4 is 10.6 Å². The molecule has 3 aromatic carbocycles. The molecule has 3 aromatic rings. The zero-order valence-electron chi connectivity index (χ0n) is 17.7. The van der Waals surface area contributed by atoms with Gasteiger partial charge in [-0.25, -0.2) is 4.79 Å². The lowest BCUT2D eigenvalue weighted by Gasteiger charge is -2.21. The van der Waals surface area contributed by atoms with Gasteiger partial charge < -0.3 is 15.4 Å². The predicted octanol–water partition coefficient (Wildman–Crippen LogP) is 4.69. The molecule has 0 radical (unpaired) electrons. The maximum Gasteiger partial charge on any atom is 0.329 e. The van der Waals surface area contributed by atoms with Gasteiger partial charge in [0.25, 0.3) is 11.8 Å². The molecule has 2 N–H and O–H groups in total. The molecule has 0 aliphatic heterocycles. The smallest absolute Gasteiger partial charge is 0.329 e. The molecule has 0 aromatic heterocycles. The summed E-state index contributed by atoms with van der Waals surface area (Å²) in [5.41, 5.74) is 2.38. The molecule has 0 saturated carbocycles. The fraction of sp³-hybridized carbons (Fsp3) is 0.160. The molecule has 6 nitrogen and oxygen atoms in total. The van der Waals surface area contributed by atoms with Crippen LogP contribution >= 0.6 is 11.6 Å². The maximum atomic E-state index is 13.0. The lowest BCUT2D eigenvalue weighted by Crippen LogP contribution is -2.41. The Morgan fingerprint density at radius 1 is 0.875 bits per heavy atom. The van der Waals surface area contributed by atoms with Crippen LogP contribution in [-0.2, 0) is 14.3 Å². The Labute approximate surface area is 191 Å². The zero-order valence-corrected chi connectivity index (χ0v) is 18.4. The largest absolute Gasteiger partial charge is 0.446 e. The van der Waals surface area contributed by atoms with E-state index in [9.17, 15) is 14.4 Å². The summed E-state index contributed by atoms with van der Waals surface area (Å²) in [5, 5.41) is 5.59. The second-order valence-corrected chi connectivity index (χ2v) is 7.67. The van der Waals surface area contributed by atoms with E-state index in [1.165, 1.54) is 6.92 Å². The number of halogens is 1. The number of esters is 1. The first-order chi connectivity index (χ1) is 15.3. The van der Waals surface area contributed by atoms with Crippen molar-refractivity contribution in [1.29, 1.82) is 0 Å². The molecule has 0 heterocycles. The van der Waals surface area contributed by atoms with E-state index in [0.717, 1.165) is 5.56 Å². The SMILES string of the molecule is Cc1ccc(NC(=O)C(OC(=O)[C@H](C)NC(=O)c2ccccc2Cl)c2ccccc2)cc1. The Morgan fingerprint density at radius 2 is 1.50 bits per heavy atom. The van der Waals surface area contributed by atoms with Gasteiger partial charge in [-0.05, 0) is 38.1 Å². The highest BCUT2D eigenvalue weighted by molar-refractivity contribution is 6.33. The monoisotopic (exact) mass is 450 g/mol. The molecule has 3 rings (SSSR count). The number of amides is 2. The third kappa shape index (κ3) is 5.95. The second kappa shape index (κ2) is 10.6. The van der Waals surface area contributed by atoms with Gasteiger partial charge in [0.2, 0.25) is 6.10 Å². The van der Waals surface area contributed by atoms with Crippen LogP contribution in [-0.4, -0.2) is 23.8 Å². The van der Waals surface area contributed by atoms with Crippen LogP contribution in [0.3, 0.4) is 0 Å². The summed E-state index contributed by atoms with van der Waals surface area (Å²) in [6.45, 7) is 3.43. The minimum Gasteiger partial charge on any atom is -0.446 e. The molecule has 32 heavy (non-hydrogen) atoms. The number of aryl methyl sites for hydroxylation is 1. The van der Waals surface area contributed by atoms with Crippen molar-refractivity contribution in [3.63, 3.8) is 0 Å². The van der Waals surface area contributed by atoms with Gasteiger partial charge in [0.15, 0.2) is 0 Å². The van der Waals surface area contributed by atoms with Gasteiger partial charge in [-0.3, -0.25) is 9.59 Å². The first-order valence-electron chi connectivity index (χ1n) is 10.0. The van der Waals surface area contributed by atoms with Crippen molar-refractivity contribution in [1.82, 2.24) is 5.32 Å². The quantitative estimate of drug-likeness (QED) is 0.511. The molecule has 2 amide bonds. The van der Waals surface area contributed by atoms with Crippen molar-refractivity contribution >= 4 is 35.1 Å². The number of nitrogens with one attached hydrogen (secondary N) is 2. The van der Waals surface area contributed by atoms with E-state index < -0.39 is 29.9 Å². The lowest BCUT2D eigenvalue weighted by atomic mass is 10.1. The topological polar surface area (TPSA) is 84.5 Å². The molecule has 0 spiro atoms. The average Bonchev–Trinajstić information content (AvgIpc) is 2.79. The normalized spacial score (nSPS) is 12.3. The van der Waals surface area contributed by atoms with Gasteiger partial charge >= 0.3 is 5.97 Å². The van der Waals surface area contributed by atoms with E-state index in [-0.39, 0.29) is 10.6 Å². The van der Waals surface area contributed by atoms with Crippen molar-refractivity contribution in [2.75, 3.05) is 5.32 Å². The van der Waals surface area contributed by atoms with Crippen molar-refractivity contribution < 1.29 is 19.1 Å². The maximum absolute atomic E-state index is 13.0. The summed E-state index contributed by atoms with van der Waals surface area (Å²) in [4.78, 5) is 38.1. The third-order valence-electron chi connectivity index (χ3n) is 4.71. The first kappa shape index (κ1) is 23.0. The molecule has 0 aliphatic carbocycles. The van der Waals surface area contributed by atoms with Crippen LogP contribution in [0.4, 0.5) is 5.69 Å². The number of hydrogen-bond donors (Lipinski definition) is 2. The van der Waals surface area contributed by atoms with Crippen molar-refractivity contribution in [3.05, 3.63) is 101 Å². The zero-order chi connectivity index (χ0) is 23.1. The summed E-state index contributed by atoms with van der Waals surface area (Å²) in [6.07, 6.45) is -1.19. The number of benzene rings is 3. The molecular formula is C25H23ClN2O4. The number of anilines is 1. The molecule has 2 atom stereocenters. The lowest BCUT2D eigenvalue weighted by molar-refractivity contribution is -0.156. The summed E-state index contributed by atoms with van der Waals surface area (Å²) in [7, 11) is 0. The number of carbonyl (C=O) groups is 3. The van der Waals surface area contributed by atoms with Gasteiger partial charge in [-0.15, -0.1) is 0 Å². The standard InChI is InChI=1S/C25H23ClN2O4/c1-16-12-14-19(15-13-16)28-24(30)22(18-8-4-3-5-9-18)32-25(31)17(2)27-23(29)20-10-6-7-11-21(20)26/h3-15,17,22H,1-2H3,(H,27,29)(H,28,30)/t17-,22?/m0/s1. The van der Waals surface area contributed by atoms with Gasteiger partial charge in [-0.1, -0.05) is 71.8 Å². The number of rotatable bonds is 7. The highest BCUT2D eigenvalue weighted by Gasteiger charge is 2.28. The van der Waals surface area contributed by atoms with E-state index in [4.69, 9.17) is 16.3 Å². The molecule has 7 heteroatoms. The van der Waals surface area contributed by atoms with E-state index in [0.29, 0.717) is 11.3 Å². The molecule has 1 unspecified atom stereocenters. The molecule has 0 fully saturated rings. The minimum atomic E-state index is -1.19. The summed E-state index contributed by atoms with van der Waals surface area (Å²) < 4.78 is 5.52. The second-order valence-electron chi connectivity index (χ2n) is 7.26. The summed E-state index contributed by atoms with van der Waals surface area (Å²) >= 11 is 6.04. The van der Waals surface area contributed by atoms with E-state index in [1.807, 2.05) is 19.1 Å². The number of ether oxygens (including phenoxy) is 1. The highest BCUT2D eigenvalue weighted by atomic mass is 35.5. The molecular weight excluding hydrogens is 428 g/mol. The number of carbonyl (C=O) groups excluding carboxylic acids is 3. The first-order valence-corrected chi connectivity index (χ1v) is 10.4. The van der Waals surface area contributed by atoms with E-state index in [1.54, 1.807) is 66.7 Å². The van der Waals surface area contributed by atoms with Crippen LogP contribution in [0.25, 0.3) is 0 Å². The number of hydrogen-bond acceptors (Lipinski definition) is 4. The molecule has 0 saturated heterocycles.